The van der Waals surface area contributed by atoms with Gasteiger partial charge in [-0.2, -0.15) is 4.31 Å². The first-order valence-corrected chi connectivity index (χ1v) is 10.4. The van der Waals surface area contributed by atoms with Crippen molar-refractivity contribution in [1.82, 2.24) is 15.2 Å². The number of nitrogens with zero attached hydrogens (tertiary/aromatic N) is 1. The smallest absolute Gasteiger partial charge is 0.273 e. The van der Waals surface area contributed by atoms with E-state index in [4.69, 9.17) is 16.0 Å². The second-order valence-corrected chi connectivity index (χ2v) is 9.50. The molecule has 2 aromatic heterocycles. The van der Waals surface area contributed by atoms with Gasteiger partial charge in [-0.05, 0) is 38.0 Å². The van der Waals surface area contributed by atoms with Crippen LogP contribution in [0.1, 0.15) is 29.0 Å². The van der Waals surface area contributed by atoms with E-state index in [1.54, 1.807) is 6.92 Å². The zero-order valence-electron chi connectivity index (χ0n) is 13.7. The van der Waals surface area contributed by atoms with E-state index in [1.165, 1.54) is 24.5 Å². The average molecular weight is 418 g/mol. The molecule has 3 rings (SSSR count). The molecule has 2 aromatic rings. The molecule has 1 aliphatic rings. The predicted octanol–water partition coefficient (Wildman–Crippen LogP) is 1.92. The van der Waals surface area contributed by atoms with Crippen molar-refractivity contribution < 1.29 is 22.4 Å². The Hall–Kier alpha value is -1.88. The van der Waals surface area contributed by atoms with Crippen molar-refractivity contribution in [1.29, 1.82) is 0 Å². The Morgan fingerprint density at radius 1 is 1.31 bits per heavy atom. The zero-order chi connectivity index (χ0) is 18.9. The largest absolute Gasteiger partial charge is 0.469 e. The van der Waals surface area contributed by atoms with Crippen molar-refractivity contribution in [3.63, 3.8) is 0 Å². The second kappa shape index (κ2) is 7.39. The maximum Gasteiger partial charge on any atom is 0.273 e. The van der Waals surface area contributed by atoms with Crippen molar-refractivity contribution >= 4 is 44.8 Å². The maximum atomic E-state index is 12.7. The molecular formula is C15H16ClN3O5S2. The third-order valence-electron chi connectivity index (χ3n) is 4.02. The van der Waals surface area contributed by atoms with Crippen LogP contribution in [-0.2, 0) is 14.8 Å². The number of thiophene rings is 1. The van der Waals surface area contributed by atoms with E-state index in [1.807, 2.05) is 0 Å². The van der Waals surface area contributed by atoms with E-state index in [0.717, 1.165) is 15.6 Å². The summed E-state index contributed by atoms with van der Waals surface area (Å²) in [7, 11) is -3.82. The van der Waals surface area contributed by atoms with Gasteiger partial charge in [0.1, 0.15) is 16.0 Å². The van der Waals surface area contributed by atoms with Crippen molar-refractivity contribution in [2.45, 2.75) is 30.0 Å². The molecule has 0 aromatic carbocycles. The van der Waals surface area contributed by atoms with Gasteiger partial charge in [0, 0.05) is 6.54 Å². The van der Waals surface area contributed by atoms with Crippen molar-refractivity contribution in [2.75, 3.05) is 6.54 Å². The number of nitrogens with one attached hydrogen (secondary N) is 2. The van der Waals surface area contributed by atoms with E-state index >= 15 is 0 Å². The maximum absolute atomic E-state index is 12.7. The molecule has 2 amide bonds. The lowest BCUT2D eigenvalue weighted by atomic mass is 10.2. The van der Waals surface area contributed by atoms with Gasteiger partial charge in [0.25, 0.3) is 21.8 Å². The van der Waals surface area contributed by atoms with Crippen molar-refractivity contribution in [3.05, 3.63) is 40.1 Å². The number of hydrogen-bond acceptors (Lipinski definition) is 6. The van der Waals surface area contributed by atoms with Gasteiger partial charge in [0.15, 0.2) is 0 Å². The molecule has 1 unspecified atom stereocenters. The molecule has 11 heteroatoms. The number of aryl methyl sites for hydroxylation is 1. The minimum Gasteiger partial charge on any atom is -0.469 e. The quantitative estimate of drug-likeness (QED) is 0.738. The molecular weight excluding hydrogens is 402 g/mol. The third-order valence-corrected chi connectivity index (χ3v) is 7.63. The fourth-order valence-corrected chi connectivity index (χ4v) is 6.00. The van der Waals surface area contributed by atoms with Crippen LogP contribution < -0.4 is 10.9 Å². The van der Waals surface area contributed by atoms with Crippen LogP contribution in [0.5, 0.6) is 0 Å². The first-order chi connectivity index (χ1) is 12.3. The highest BCUT2D eigenvalue weighted by atomic mass is 35.5. The summed E-state index contributed by atoms with van der Waals surface area (Å²) in [5.74, 6) is -0.721. The van der Waals surface area contributed by atoms with Gasteiger partial charge in [-0.15, -0.1) is 11.3 Å². The van der Waals surface area contributed by atoms with Crippen LogP contribution in [0.25, 0.3) is 0 Å². The van der Waals surface area contributed by atoms with Crippen LogP contribution in [0.2, 0.25) is 4.34 Å². The number of halogens is 1. The molecule has 0 saturated carbocycles. The minimum absolute atomic E-state index is 0.0836. The highest BCUT2D eigenvalue weighted by Gasteiger charge is 2.40. The highest BCUT2D eigenvalue weighted by molar-refractivity contribution is 7.91. The summed E-state index contributed by atoms with van der Waals surface area (Å²) < 4.78 is 32.1. The van der Waals surface area contributed by atoms with E-state index in [0.29, 0.717) is 22.9 Å². The number of carbonyl (C=O) groups excluding carboxylic acids is 2. The van der Waals surface area contributed by atoms with Crippen molar-refractivity contribution in [2.24, 2.45) is 0 Å². The monoisotopic (exact) mass is 417 g/mol. The summed E-state index contributed by atoms with van der Waals surface area (Å²) in [6.07, 6.45) is 2.28. The van der Waals surface area contributed by atoms with Gasteiger partial charge < -0.3 is 4.42 Å². The van der Waals surface area contributed by atoms with Gasteiger partial charge in [0.2, 0.25) is 0 Å². The molecule has 0 bridgehead atoms. The Labute approximate surface area is 159 Å². The molecule has 3 heterocycles. The van der Waals surface area contributed by atoms with Gasteiger partial charge in [-0.3, -0.25) is 20.4 Å². The fourth-order valence-electron chi connectivity index (χ4n) is 2.73. The predicted molar refractivity (Wildman–Crippen MR) is 95.3 cm³/mol. The molecule has 26 heavy (non-hydrogen) atoms. The number of furan rings is 1. The normalized spacial score (nSPS) is 18.0. The van der Waals surface area contributed by atoms with Gasteiger partial charge in [0.05, 0.1) is 16.2 Å². The Morgan fingerprint density at radius 3 is 2.69 bits per heavy atom. The fraction of sp³-hybridized carbons (Fsp3) is 0.333. The van der Waals surface area contributed by atoms with Crippen LogP contribution in [-0.4, -0.2) is 37.1 Å². The molecule has 1 atom stereocenters. The van der Waals surface area contributed by atoms with E-state index in [9.17, 15) is 18.0 Å². The SMILES string of the molecule is Cc1occc1C(=O)NNC(=O)C1CCCN1S(=O)(=O)c1ccc(Cl)s1. The molecule has 1 fully saturated rings. The first-order valence-electron chi connectivity index (χ1n) is 7.72. The Morgan fingerprint density at radius 2 is 2.08 bits per heavy atom. The Bertz CT molecular complexity index is 937. The third kappa shape index (κ3) is 3.63. The number of amides is 2. The average Bonchev–Trinajstić information content (AvgIpc) is 3.32. The summed E-state index contributed by atoms with van der Waals surface area (Å²) in [5, 5.41) is 0. The van der Waals surface area contributed by atoms with Gasteiger partial charge >= 0.3 is 0 Å². The molecule has 1 saturated heterocycles. The standard InChI is InChI=1S/C15H16ClN3O5S2/c1-9-10(6-8-24-9)14(20)17-18-15(21)11-3-2-7-19(11)26(22,23)13-5-4-12(16)25-13/h4-6,8,11H,2-3,7H2,1H3,(H,17,20)(H,18,21). The Balaban J connectivity index is 1.69. The second-order valence-electron chi connectivity index (χ2n) is 5.67. The van der Waals surface area contributed by atoms with E-state index in [-0.39, 0.29) is 16.3 Å². The van der Waals surface area contributed by atoms with Crippen LogP contribution in [0.3, 0.4) is 0 Å². The topological polar surface area (TPSA) is 109 Å². The number of hydrogen-bond donors (Lipinski definition) is 2. The van der Waals surface area contributed by atoms with Crippen LogP contribution >= 0.6 is 22.9 Å². The summed E-state index contributed by atoms with van der Waals surface area (Å²) in [5.41, 5.74) is 4.86. The number of hydrazine groups is 1. The lowest BCUT2D eigenvalue weighted by molar-refractivity contribution is -0.125. The van der Waals surface area contributed by atoms with Gasteiger partial charge in [-0.25, -0.2) is 8.42 Å². The van der Waals surface area contributed by atoms with E-state index < -0.39 is 27.9 Å². The summed E-state index contributed by atoms with van der Waals surface area (Å²) in [6, 6.07) is 3.49. The zero-order valence-corrected chi connectivity index (χ0v) is 16.1. The lowest BCUT2D eigenvalue weighted by Gasteiger charge is -2.22. The Kier molecular flexibility index (Phi) is 5.37. The van der Waals surface area contributed by atoms with Crippen LogP contribution in [0.15, 0.2) is 33.1 Å². The summed E-state index contributed by atoms with van der Waals surface area (Å²) in [4.78, 5) is 24.4. The number of sulfonamides is 1. The lowest BCUT2D eigenvalue weighted by Crippen LogP contribution is -2.51. The van der Waals surface area contributed by atoms with Crippen molar-refractivity contribution in [3.8, 4) is 0 Å². The van der Waals surface area contributed by atoms with Crippen LogP contribution in [0.4, 0.5) is 0 Å². The highest BCUT2D eigenvalue weighted by Crippen LogP contribution is 2.32. The summed E-state index contributed by atoms with van der Waals surface area (Å²) >= 11 is 6.76. The molecule has 1 aliphatic heterocycles. The number of rotatable bonds is 4. The van der Waals surface area contributed by atoms with Gasteiger partial charge in [-0.1, -0.05) is 11.6 Å². The molecule has 140 valence electrons. The molecule has 0 spiro atoms. The first kappa shape index (κ1) is 18.9. The molecule has 0 aliphatic carbocycles. The minimum atomic E-state index is -3.82. The molecule has 8 nitrogen and oxygen atoms in total. The number of carbonyl (C=O) groups is 2. The van der Waals surface area contributed by atoms with Crippen LogP contribution in [0, 0.1) is 6.92 Å². The summed E-state index contributed by atoms with van der Waals surface area (Å²) in [6.45, 7) is 1.85. The molecule has 0 radical (unpaired) electrons. The van der Waals surface area contributed by atoms with E-state index in [2.05, 4.69) is 10.9 Å². The molecule has 2 N–H and O–H groups in total.